The number of nitrogens with zero attached hydrogens (tertiary/aromatic N) is 3. The van der Waals surface area contributed by atoms with E-state index in [0.29, 0.717) is 17.7 Å². The number of pyridine rings is 1. The molecule has 0 bridgehead atoms. The smallest absolute Gasteiger partial charge is 0.259 e. The average molecular weight is 354 g/mol. The fraction of sp³-hybridized carbons (Fsp3) is 0.136. The standard InChI is InChI=1S/C22H18N4O/c23-13-16-7-9-19(10-8-16)25-20-12-18(14-24-15-20)22(27)26-11-3-5-17-4-1-2-6-21(17)26/h1-2,4,6-10,12,14-15,25H,3,5,11H2. The maximum atomic E-state index is 13.1. The molecule has 0 saturated heterocycles. The molecule has 1 amide bonds. The third-order valence-electron chi connectivity index (χ3n) is 4.64. The van der Waals surface area contributed by atoms with Gasteiger partial charge in [0, 0.05) is 24.1 Å². The third kappa shape index (κ3) is 3.51. The van der Waals surface area contributed by atoms with Gasteiger partial charge in [0.15, 0.2) is 0 Å². The molecule has 0 fully saturated rings. The van der Waals surface area contributed by atoms with Crippen LogP contribution in [-0.4, -0.2) is 17.4 Å². The number of carbonyl (C=O) groups is 1. The zero-order chi connectivity index (χ0) is 18.6. The lowest BCUT2D eigenvalue weighted by atomic mass is 10.0. The van der Waals surface area contributed by atoms with Crippen molar-refractivity contribution in [1.82, 2.24) is 4.98 Å². The summed E-state index contributed by atoms with van der Waals surface area (Å²) in [5.74, 6) is -0.0434. The molecule has 0 unspecified atom stereocenters. The average Bonchev–Trinajstić information content (AvgIpc) is 2.73. The highest BCUT2D eigenvalue weighted by Crippen LogP contribution is 2.28. The Labute approximate surface area is 157 Å². The van der Waals surface area contributed by atoms with Crippen molar-refractivity contribution < 1.29 is 4.79 Å². The van der Waals surface area contributed by atoms with Crippen LogP contribution in [0.1, 0.15) is 27.9 Å². The number of aromatic nitrogens is 1. The number of amides is 1. The van der Waals surface area contributed by atoms with E-state index in [2.05, 4.69) is 22.4 Å². The molecule has 5 nitrogen and oxygen atoms in total. The Morgan fingerprint density at radius 3 is 2.70 bits per heavy atom. The van der Waals surface area contributed by atoms with Gasteiger partial charge in [-0.25, -0.2) is 0 Å². The van der Waals surface area contributed by atoms with E-state index in [1.54, 1.807) is 24.5 Å². The largest absolute Gasteiger partial charge is 0.354 e. The monoisotopic (exact) mass is 354 g/mol. The van der Waals surface area contributed by atoms with Crippen LogP contribution in [0.4, 0.5) is 17.1 Å². The molecule has 3 aromatic rings. The molecule has 0 radical (unpaired) electrons. The summed E-state index contributed by atoms with van der Waals surface area (Å²) in [5.41, 5.74) is 4.91. The molecule has 0 saturated carbocycles. The summed E-state index contributed by atoms with van der Waals surface area (Å²) < 4.78 is 0. The predicted octanol–water partition coefficient (Wildman–Crippen LogP) is 4.29. The van der Waals surface area contributed by atoms with E-state index in [1.165, 1.54) is 5.56 Å². The van der Waals surface area contributed by atoms with Gasteiger partial charge in [-0.2, -0.15) is 5.26 Å². The van der Waals surface area contributed by atoms with Crippen molar-refractivity contribution >= 4 is 23.0 Å². The summed E-state index contributed by atoms with van der Waals surface area (Å²) in [6.45, 7) is 0.711. The Morgan fingerprint density at radius 2 is 1.89 bits per heavy atom. The molecular weight excluding hydrogens is 336 g/mol. The number of aryl methyl sites for hydroxylation is 1. The predicted molar refractivity (Wildman–Crippen MR) is 105 cm³/mol. The van der Waals surface area contributed by atoms with Crippen molar-refractivity contribution in [3.63, 3.8) is 0 Å². The zero-order valence-electron chi connectivity index (χ0n) is 14.7. The molecule has 2 heterocycles. The Hall–Kier alpha value is -3.65. The van der Waals surface area contributed by atoms with Crippen LogP contribution in [0, 0.1) is 11.3 Å². The highest BCUT2D eigenvalue weighted by molar-refractivity contribution is 6.07. The Balaban J connectivity index is 1.57. The van der Waals surface area contributed by atoms with E-state index >= 15 is 0 Å². The number of carbonyl (C=O) groups excluding carboxylic acids is 1. The van der Waals surface area contributed by atoms with Crippen molar-refractivity contribution in [2.24, 2.45) is 0 Å². The maximum absolute atomic E-state index is 13.1. The molecule has 2 aromatic carbocycles. The molecule has 0 atom stereocenters. The van der Waals surface area contributed by atoms with Crippen molar-refractivity contribution in [2.75, 3.05) is 16.8 Å². The van der Waals surface area contributed by atoms with Gasteiger partial charge in [0.1, 0.15) is 0 Å². The minimum Gasteiger partial charge on any atom is -0.354 e. The van der Waals surface area contributed by atoms with Gasteiger partial charge in [-0.1, -0.05) is 18.2 Å². The molecule has 1 aliphatic heterocycles. The number of nitrogens with one attached hydrogen (secondary N) is 1. The van der Waals surface area contributed by atoms with Crippen molar-refractivity contribution in [3.05, 3.63) is 83.7 Å². The zero-order valence-corrected chi connectivity index (χ0v) is 14.7. The minimum absolute atomic E-state index is 0.0434. The molecule has 0 aliphatic carbocycles. The molecule has 5 heteroatoms. The molecular formula is C22H18N4O. The first-order chi connectivity index (χ1) is 13.2. The first-order valence-electron chi connectivity index (χ1n) is 8.86. The Kier molecular flexibility index (Phi) is 4.54. The second kappa shape index (κ2) is 7.30. The van der Waals surface area contributed by atoms with Crippen molar-refractivity contribution in [2.45, 2.75) is 12.8 Å². The summed E-state index contributed by atoms with van der Waals surface area (Å²) in [4.78, 5) is 19.1. The molecule has 1 aliphatic rings. The molecule has 27 heavy (non-hydrogen) atoms. The van der Waals surface area contributed by atoms with Crippen LogP contribution >= 0.6 is 0 Å². The van der Waals surface area contributed by atoms with E-state index < -0.39 is 0 Å². The number of hydrogen-bond donors (Lipinski definition) is 1. The highest BCUT2D eigenvalue weighted by atomic mass is 16.2. The van der Waals surface area contributed by atoms with Crippen LogP contribution < -0.4 is 10.2 Å². The second-order valence-corrected chi connectivity index (χ2v) is 6.47. The van der Waals surface area contributed by atoms with E-state index in [1.807, 2.05) is 41.3 Å². The third-order valence-corrected chi connectivity index (χ3v) is 4.64. The first-order valence-corrected chi connectivity index (χ1v) is 8.86. The lowest BCUT2D eigenvalue weighted by Gasteiger charge is -2.29. The van der Waals surface area contributed by atoms with E-state index in [0.717, 1.165) is 29.9 Å². The van der Waals surface area contributed by atoms with Crippen LogP contribution in [-0.2, 0) is 6.42 Å². The molecule has 132 valence electrons. The van der Waals surface area contributed by atoms with Crippen LogP contribution in [0.3, 0.4) is 0 Å². The summed E-state index contributed by atoms with van der Waals surface area (Å²) in [5, 5.41) is 12.1. The molecule has 1 N–H and O–H groups in total. The summed E-state index contributed by atoms with van der Waals surface area (Å²) >= 11 is 0. The summed E-state index contributed by atoms with van der Waals surface area (Å²) in [7, 11) is 0. The maximum Gasteiger partial charge on any atom is 0.259 e. The summed E-state index contributed by atoms with van der Waals surface area (Å²) in [6, 6.07) is 19.1. The molecule has 1 aromatic heterocycles. The van der Waals surface area contributed by atoms with E-state index in [4.69, 9.17) is 5.26 Å². The number of benzene rings is 2. The highest BCUT2D eigenvalue weighted by Gasteiger charge is 2.23. The lowest BCUT2D eigenvalue weighted by molar-refractivity contribution is 0.0985. The van der Waals surface area contributed by atoms with Gasteiger partial charge in [0.05, 0.1) is 29.1 Å². The molecule has 4 rings (SSSR count). The minimum atomic E-state index is -0.0434. The number of nitriles is 1. The van der Waals surface area contributed by atoms with Crippen LogP contribution in [0.15, 0.2) is 67.0 Å². The van der Waals surface area contributed by atoms with E-state index in [9.17, 15) is 4.79 Å². The second-order valence-electron chi connectivity index (χ2n) is 6.47. The van der Waals surface area contributed by atoms with Crippen LogP contribution in [0.2, 0.25) is 0 Å². The number of hydrogen-bond acceptors (Lipinski definition) is 4. The lowest BCUT2D eigenvalue weighted by Crippen LogP contribution is -2.35. The van der Waals surface area contributed by atoms with Gasteiger partial charge in [-0.15, -0.1) is 0 Å². The Morgan fingerprint density at radius 1 is 1.07 bits per heavy atom. The van der Waals surface area contributed by atoms with Gasteiger partial charge in [0.25, 0.3) is 5.91 Å². The van der Waals surface area contributed by atoms with Gasteiger partial charge in [-0.3, -0.25) is 9.78 Å². The van der Waals surface area contributed by atoms with Crippen molar-refractivity contribution in [1.29, 1.82) is 5.26 Å². The van der Waals surface area contributed by atoms with E-state index in [-0.39, 0.29) is 5.91 Å². The van der Waals surface area contributed by atoms with Crippen molar-refractivity contribution in [3.8, 4) is 6.07 Å². The fourth-order valence-electron chi connectivity index (χ4n) is 3.32. The number of rotatable bonds is 3. The van der Waals surface area contributed by atoms with Gasteiger partial charge >= 0.3 is 0 Å². The number of fused-ring (bicyclic) bond motifs is 1. The SMILES string of the molecule is N#Cc1ccc(Nc2cncc(C(=O)N3CCCc4ccccc43)c2)cc1. The summed E-state index contributed by atoms with van der Waals surface area (Å²) in [6.07, 6.45) is 5.24. The van der Waals surface area contributed by atoms with Gasteiger partial charge in [0.2, 0.25) is 0 Å². The number of para-hydroxylation sites is 1. The number of anilines is 3. The van der Waals surface area contributed by atoms with Gasteiger partial charge in [-0.05, 0) is 54.8 Å². The quantitative estimate of drug-likeness (QED) is 0.762. The van der Waals surface area contributed by atoms with Crippen LogP contribution in [0.5, 0.6) is 0 Å². The van der Waals surface area contributed by atoms with Crippen LogP contribution in [0.25, 0.3) is 0 Å². The normalized spacial score (nSPS) is 12.8. The fourth-order valence-corrected chi connectivity index (χ4v) is 3.32. The van der Waals surface area contributed by atoms with Gasteiger partial charge < -0.3 is 10.2 Å². The first kappa shape index (κ1) is 16.8. The Bertz CT molecular complexity index is 1020. The molecule has 0 spiro atoms. The topological polar surface area (TPSA) is 69.0 Å².